The quantitative estimate of drug-likeness (QED) is 0.339. The third-order valence-corrected chi connectivity index (χ3v) is 5.75. The molecule has 0 aliphatic carbocycles. The molecule has 0 radical (unpaired) electrons. The van der Waals surface area contributed by atoms with Gasteiger partial charge in [-0.1, -0.05) is 6.07 Å². The summed E-state index contributed by atoms with van der Waals surface area (Å²) in [7, 11) is 0. The number of aryl methyl sites for hydroxylation is 2. The van der Waals surface area contributed by atoms with Crippen LogP contribution in [0.15, 0.2) is 55.0 Å². The zero-order chi connectivity index (χ0) is 25.4. The predicted octanol–water partition coefficient (Wildman–Crippen LogP) is 4.75. The molecular weight excluding hydrogens is 466 g/mol. The highest BCUT2D eigenvalue weighted by Crippen LogP contribution is 2.31. The number of halogens is 2. The van der Waals surface area contributed by atoms with Crippen LogP contribution in [0.25, 0.3) is 28.1 Å². The van der Waals surface area contributed by atoms with Crippen molar-refractivity contribution in [1.82, 2.24) is 34.5 Å². The molecule has 0 aliphatic heterocycles. The van der Waals surface area contributed by atoms with Gasteiger partial charge in [0, 0.05) is 23.0 Å². The van der Waals surface area contributed by atoms with Crippen molar-refractivity contribution in [1.29, 1.82) is 0 Å². The number of aliphatic hydroxyl groups is 1. The fraction of sp³-hybridized carbons (Fsp3) is 0.240. The lowest BCUT2D eigenvalue weighted by Gasteiger charge is -2.13. The zero-order valence-corrected chi connectivity index (χ0v) is 19.9. The number of aromatic nitrogens is 7. The Kier molecular flexibility index (Phi) is 6.15. The van der Waals surface area contributed by atoms with Gasteiger partial charge in [-0.05, 0) is 57.2 Å². The average Bonchev–Trinajstić information content (AvgIpc) is 3.42. The molecule has 2 N–H and O–H groups in total. The first-order chi connectivity index (χ1) is 17.3. The van der Waals surface area contributed by atoms with Gasteiger partial charge in [0.05, 0.1) is 34.2 Å². The zero-order valence-electron chi connectivity index (χ0n) is 19.9. The number of benzene rings is 1. The van der Waals surface area contributed by atoms with E-state index in [-0.39, 0.29) is 0 Å². The van der Waals surface area contributed by atoms with Gasteiger partial charge in [0.25, 0.3) is 6.43 Å². The van der Waals surface area contributed by atoms with Crippen molar-refractivity contribution in [3.05, 3.63) is 71.9 Å². The van der Waals surface area contributed by atoms with Crippen molar-refractivity contribution in [2.45, 2.75) is 39.8 Å². The van der Waals surface area contributed by atoms with Crippen LogP contribution in [0.3, 0.4) is 0 Å². The van der Waals surface area contributed by atoms with E-state index in [1.807, 2.05) is 41.8 Å². The SMILES string of the molecule is Cc1ccc(Nc2ccc3c(c2)ncn3-c2ccc(C(C)O)c(-c3cn(CC(F)F)nc3C)n2)nn1. The van der Waals surface area contributed by atoms with E-state index in [1.165, 1.54) is 10.9 Å². The fourth-order valence-electron chi connectivity index (χ4n) is 4.02. The highest BCUT2D eigenvalue weighted by molar-refractivity contribution is 5.82. The first-order valence-electron chi connectivity index (χ1n) is 11.3. The van der Waals surface area contributed by atoms with Gasteiger partial charge < -0.3 is 10.4 Å². The van der Waals surface area contributed by atoms with Crippen LogP contribution in [0.4, 0.5) is 20.3 Å². The second-order valence-electron chi connectivity index (χ2n) is 8.53. The van der Waals surface area contributed by atoms with E-state index < -0.39 is 19.1 Å². The number of fused-ring (bicyclic) bond motifs is 1. The minimum atomic E-state index is -2.53. The van der Waals surface area contributed by atoms with Crippen molar-refractivity contribution >= 4 is 22.5 Å². The van der Waals surface area contributed by atoms with Gasteiger partial charge in [-0.15, -0.1) is 5.10 Å². The van der Waals surface area contributed by atoms with E-state index in [4.69, 9.17) is 4.98 Å². The van der Waals surface area contributed by atoms with Gasteiger partial charge in [-0.3, -0.25) is 9.25 Å². The monoisotopic (exact) mass is 490 g/mol. The molecule has 4 aromatic heterocycles. The van der Waals surface area contributed by atoms with Gasteiger partial charge in [0.2, 0.25) is 0 Å². The number of pyridine rings is 1. The van der Waals surface area contributed by atoms with Crippen LogP contribution < -0.4 is 5.32 Å². The van der Waals surface area contributed by atoms with Crippen molar-refractivity contribution in [3.63, 3.8) is 0 Å². The van der Waals surface area contributed by atoms with E-state index in [9.17, 15) is 13.9 Å². The third kappa shape index (κ3) is 4.65. The van der Waals surface area contributed by atoms with Crippen molar-refractivity contribution in [3.8, 4) is 17.1 Å². The Balaban J connectivity index is 1.52. The molecule has 0 saturated carbocycles. The smallest absolute Gasteiger partial charge is 0.257 e. The summed E-state index contributed by atoms with van der Waals surface area (Å²) in [5, 5.41) is 25.9. The van der Waals surface area contributed by atoms with Crippen molar-refractivity contribution in [2.75, 3.05) is 5.32 Å². The van der Waals surface area contributed by atoms with Crippen LogP contribution in [-0.2, 0) is 6.54 Å². The number of anilines is 2. The van der Waals surface area contributed by atoms with E-state index in [0.717, 1.165) is 22.4 Å². The van der Waals surface area contributed by atoms with Crippen molar-refractivity contribution < 1.29 is 13.9 Å². The number of rotatable bonds is 7. The molecule has 1 unspecified atom stereocenters. The summed E-state index contributed by atoms with van der Waals surface area (Å²) < 4.78 is 28.8. The van der Waals surface area contributed by atoms with Crippen LogP contribution >= 0.6 is 0 Å². The number of aliphatic hydroxyl groups excluding tert-OH is 1. The molecule has 0 saturated heterocycles. The number of imidazole rings is 1. The lowest BCUT2D eigenvalue weighted by atomic mass is 10.0. The molecule has 9 nitrogen and oxygen atoms in total. The first kappa shape index (κ1) is 23.5. The molecule has 5 aromatic rings. The summed E-state index contributed by atoms with van der Waals surface area (Å²) in [6.45, 7) is 4.73. The van der Waals surface area contributed by atoms with E-state index in [0.29, 0.717) is 34.2 Å². The Bertz CT molecular complexity index is 1530. The number of nitrogens with one attached hydrogen (secondary N) is 1. The molecule has 0 spiro atoms. The molecule has 5 rings (SSSR count). The minimum Gasteiger partial charge on any atom is -0.389 e. The number of alkyl halides is 2. The Morgan fingerprint density at radius 2 is 1.89 bits per heavy atom. The van der Waals surface area contributed by atoms with Crippen molar-refractivity contribution in [2.24, 2.45) is 0 Å². The standard InChI is InChI=1S/C25H24F2N8O/c1-14-4-8-23(32-31-14)29-17-5-7-21-20(10-17)28-13-35(21)24-9-6-18(16(3)36)25(30-24)19-11-34(12-22(26)27)33-15(19)2/h4-11,13,16,22,36H,12H2,1-3H3,(H,29,32). The number of nitrogens with zero attached hydrogens (tertiary/aromatic N) is 7. The maximum absolute atomic E-state index is 12.9. The number of hydrogen-bond acceptors (Lipinski definition) is 7. The lowest BCUT2D eigenvalue weighted by molar-refractivity contribution is 0.121. The summed E-state index contributed by atoms with van der Waals surface area (Å²) in [5.74, 6) is 1.20. The van der Waals surface area contributed by atoms with Crippen LogP contribution in [-0.4, -0.2) is 46.0 Å². The van der Waals surface area contributed by atoms with E-state index in [2.05, 4.69) is 25.6 Å². The molecule has 0 aliphatic rings. The van der Waals surface area contributed by atoms with Crippen LogP contribution in [0.5, 0.6) is 0 Å². The van der Waals surface area contributed by atoms with Gasteiger partial charge in [0.15, 0.2) is 5.82 Å². The van der Waals surface area contributed by atoms with E-state index in [1.54, 1.807) is 32.3 Å². The number of hydrogen-bond donors (Lipinski definition) is 2. The molecular formula is C25H24F2N8O. The Morgan fingerprint density at radius 3 is 2.61 bits per heavy atom. The molecule has 0 fully saturated rings. The molecule has 0 bridgehead atoms. The second-order valence-corrected chi connectivity index (χ2v) is 8.53. The van der Waals surface area contributed by atoms with E-state index >= 15 is 0 Å². The lowest BCUT2D eigenvalue weighted by Crippen LogP contribution is -2.06. The molecule has 1 atom stereocenters. The molecule has 36 heavy (non-hydrogen) atoms. The summed E-state index contributed by atoms with van der Waals surface area (Å²) in [6.07, 6.45) is -0.126. The Hall–Kier alpha value is -4.25. The summed E-state index contributed by atoms with van der Waals surface area (Å²) in [4.78, 5) is 9.32. The largest absolute Gasteiger partial charge is 0.389 e. The Labute approximate surface area is 205 Å². The maximum Gasteiger partial charge on any atom is 0.257 e. The van der Waals surface area contributed by atoms with Crippen LogP contribution in [0.2, 0.25) is 0 Å². The van der Waals surface area contributed by atoms with Crippen LogP contribution in [0.1, 0.15) is 30.0 Å². The van der Waals surface area contributed by atoms with Gasteiger partial charge in [0.1, 0.15) is 18.7 Å². The second kappa shape index (κ2) is 9.42. The summed E-state index contributed by atoms with van der Waals surface area (Å²) in [6, 6.07) is 13.0. The highest BCUT2D eigenvalue weighted by Gasteiger charge is 2.19. The minimum absolute atomic E-state index is 0.485. The fourth-order valence-corrected chi connectivity index (χ4v) is 4.02. The first-order valence-corrected chi connectivity index (χ1v) is 11.3. The van der Waals surface area contributed by atoms with Gasteiger partial charge >= 0.3 is 0 Å². The normalized spacial score (nSPS) is 12.4. The molecule has 11 heteroatoms. The Morgan fingerprint density at radius 1 is 1.06 bits per heavy atom. The molecule has 4 heterocycles. The van der Waals surface area contributed by atoms with Crippen LogP contribution in [0, 0.1) is 13.8 Å². The average molecular weight is 491 g/mol. The molecule has 1 aromatic carbocycles. The summed E-state index contributed by atoms with van der Waals surface area (Å²) >= 11 is 0. The molecule has 0 amide bonds. The summed E-state index contributed by atoms with van der Waals surface area (Å²) in [5.41, 5.74) is 5.40. The topological polar surface area (TPSA) is 107 Å². The third-order valence-electron chi connectivity index (χ3n) is 5.75. The van der Waals surface area contributed by atoms with Gasteiger partial charge in [-0.2, -0.15) is 10.2 Å². The highest BCUT2D eigenvalue weighted by atomic mass is 19.3. The maximum atomic E-state index is 12.9. The van der Waals surface area contributed by atoms with Gasteiger partial charge in [-0.25, -0.2) is 18.7 Å². The predicted molar refractivity (Wildman–Crippen MR) is 132 cm³/mol. The molecule has 184 valence electrons.